The van der Waals surface area contributed by atoms with E-state index in [1.807, 2.05) is 6.92 Å². The van der Waals surface area contributed by atoms with E-state index in [1.165, 1.54) is 24.4 Å². The van der Waals surface area contributed by atoms with Crippen LogP contribution in [0.2, 0.25) is 0 Å². The molecule has 1 atom stereocenters. The molecule has 4 rings (SSSR count). The Kier molecular flexibility index (Phi) is 5.90. The van der Waals surface area contributed by atoms with Gasteiger partial charge in [0, 0.05) is 42.1 Å². The predicted octanol–water partition coefficient (Wildman–Crippen LogP) is 5.45. The first kappa shape index (κ1) is 21.9. The molecule has 0 radical (unpaired) electrons. The predicted molar refractivity (Wildman–Crippen MR) is 115 cm³/mol. The normalized spacial score (nSPS) is 16.8. The first-order chi connectivity index (χ1) is 15.2. The second kappa shape index (κ2) is 8.64. The molecule has 32 heavy (non-hydrogen) atoms. The number of anilines is 2. The molecule has 3 aromatic rings. The SMILES string of the molecule is Cc1ccc2c(Nc3cccc(OC(F)(F)F)c3)c(C(=O)N3CCC[C@@H](C)C3)cnc2n1. The van der Waals surface area contributed by atoms with E-state index >= 15 is 0 Å². The highest BCUT2D eigenvalue weighted by Crippen LogP contribution is 2.32. The number of amides is 1. The highest BCUT2D eigenvalue weighted by molar-refractivity contribution is 6.07. The van der Waals surface area contributed by atoms with Gasteiger partial charge in [-0.3, -0.25) is 4.79 Å². The number of nitrogens with one attached hydrogen (secondary N) is 1. The summed E-state index contributed by atoms with van der Waals surface area (Å²) in [6.45, 7) is 5.25. The molecule has 1 fully saturated rings. The second-order valence-corrected chi connectivity index (χ2v) is 8.07. The van der Waals surface area contributed by atoms with Crippen molar-refractivity contribution < 1.29 is 22.7 Å². The molecule has 0 bridgehead atoms. The van der Waals surface area contributed by atoms with Crippen molar-refractivity contribution >= 4 is 28.3 Å². The van der Waals surface area contributed by atoms with E-state index in [0.29, 0.717) is 47.0 Å². The van der Waals surface area contributed by atoms with E-state index in [2.05, 4.69) is 26.9 Å². The van der Waals surface area contributed by atoms with E-state index in [4.69, 9.17) is 0 Å². The molecule has 1 aromatic carbocycles. The first-order valence-corrected chi connectivity index (χ1v) is 10.4. The lowest BCUT2D eigenvalue weighted by Crippen LogP contribution is -2.39. The molecule has 1 aliphatic heterocycles. The minimum atomic E-state index is -4.80. The van der Waals surface area contributed by atoms with Gasteiger partial charge in [0.1, 0.15) is 5.75 Å². The zero-order valence-corrected chi connectivity index (χ0v) is 17.7. The van der Waals surface area contributed by atoms with Crippen molar-refractivity contribution in [3.05, 3.63) is 53.9 Å². The number of carbonyl (C=O) groups is 1. The standard InChI is InChI=1S/C23H23F3N4O2/c1-14-5-4-10-30(13-14)22(31)19-12-27-21-18(9-8-15(2)28-21)20(19)29-16-6-3-7-17(11-16)32-23(24,25)26/h3,6-9,11-12,14H,4-5,10,13H2,1-2H3,(H,27,28,29)/t14-/m1/s1. The summed E-state index contributed by atoms with van der Waals surface area (Å²) in [5, 5.41) is 3.72. The van der Waals surface area contributed by atoms with Gasteiger partial charge in [-0.1, -0.05) is 13.0 Å². The van der Waals surface area contributed by atoms with Gasteiger partial charge in [-0.25, -0.2) is 9.97 Å². The topological polar surface area (TPSA) is 67.3 Å². The highest BCUT2D eigenvalue weighted by atomic mass is 19.4. The summed E-state index contributed by atoms with van der Waals surface area (Å²) < 4.78 is 42.0. The van der Waals surface area contributed by atoms with E-state index in [9.17, 15) is 18.0 Å². The second-order valence-electron chi connectivity index (χ2n) is 8.07. The zero-order chi connectivity index (χ0) is 22.9. The molecular weight excluding hydrogens is 421 g/mol. The van der Waals surface area contributed by atoms with E-state index in [-0.39, 0.29) is 11.7 Å². The molecule has 0 unspecified atom stereocenters. The molecule has 1 amide bonds. The van der Waals surface area contributed by atoms with Gasteiger partial charge in [-0.2, -0.15) is 0 Å². The minimum absolute atomic E-state index is 0.170. The maximum atomic E-state index is 13.4. The quantitative estimate of drug-likeness (QED) is 0.579. The average Bonchev–Trinajstić information content (AvgIpc) is 2.72. The monoisotopic (exact) mass is 444 g/mol. The summed E-state index contributed by atoms with van der Waals surface area (Å²) in [5.74, 6) is -0.123. The molecule has 1 N–H and O–H groups in total. The molecular formula is C23H23F3N4O2. The van der Waals surface area contributed by atoms with Crippen LogP contribution in [0.5, 0.6) is 5.75 Å². The van der Waals surface area contributed by atoms with Crippen LogP contribution in [0.25, 0.3) is 11.0 Å². The summed E-state index contributed by atoms with van der Waals surface area (Å²) in [6.07, 6.45) is -1.32. The van der Waals surface area contributed by atoms with Crippen LogP contribution in [-0.4, -0.2) is 40.2 Å². The number of hydrogen-bond acceptors (Lipinski definition) is 5. The van der Waals surface area contributed by atoms with Crippen molar-refractivity contribution in [1.29, 1.82) is 0 Å². The van der Waals surface area contributed by atoms with Crippen LogP contribution in [0.4, 0.5) is 24.5 Å². The number of halogens is 3. The number of nitrogens with zero attached hydrogens (tertiary/aromatic N) is 3. The van der Waals surface area contributed by atoms with Crippen LogP contribution in [0.3, 0.4) is 0 Å². The van der Waals surface area contributed by atoms with Gasteiger partial charge in [0.25, 0.3) is 5.91 Å². The van der Waals surface area contributed by atoms with Crippen molar-refractivity contribution in [1.82, 2.24) is 14.9 Å². The molecule has 0 spiro atoms. The Bertz CT molecular complexity index is 1150. The van der Waals surface area contributed by atoms with Gasteiger partial charge in [-0.15, -0.1) is 13.2 Å². The number of rotatable bonds is 4. The number of alkyl halides is 3. The van der Waals surface area contributed by atoms with Crippen LogP contribution in [0.1, 0.15) is 35.8 Å². The largest absolute Gasteiger partial charge is 0.573 e. The van der Waals surface area contributed by atoms with Crippen molar-refractivity contribution in [2.75, 3.05) is 18.4 Å². The Hall–Kier alpha value is -3.36. The first-order valence-electron chi connectivity index (χ1n) is 10.4. The number of aryl methyl sites for hydroxylation is 1. The fourth-order valence-electron chi connectivity index (χ4n) is 3.93. The molecule has 2 aromatic heterocycles. The summed E-state index contributed by atoms with van der Waals surface area (Å²) in [5.41, 5.74) is 2.36. The van der Waals surface area contributed by atoms with Gasteiger partial charge < -0.3 is 15.0 Å². The number of aromatic nitrogens is 2. The van der Waals surface area contributed by atoms with Crippen LogP contribution in [-0.2, 0) is 0 Å². The molecule has 9 heteroatoms. The molecule has 1 saturated heterocycles. The van der Waals surface area contributed by atoms with E-state index in [1.54, 1.807) is 23.1 Å². The van der Waals surface area contributed by atoms with Crippen LogP contribution in [0.15, 0.2) is 42.6 Å². The van der Waals surface area contributed by atoms with Crippen molar-refractivity contribution in [2.45, 2.75) is 33.1 Å². The summed E-state index contributed by atoms with van der Waals surface area (Å²) >= 11 is 0. The van der Waals surface area contributed by atoms with Crippen molar-refractivity contribution in [3.8, 4) is 5.75 Å². The molecule has 0 aliphatic carbocycles. The third kappa shape index (κ3) is 4.92. The van der Waals surface area contributed by atoms with E-state index in [0.717, 1.165) is 18.5 Å². The summed E-state index contributed by atoms with van der Waals surface area (Å²) in [6, 6.07) is 9.11. The summed E-state index contributed by atoms with van der Waals surface area (Å²) in [4.78, 5) is 24.0. The number of pyridine rings is 2. The number of benzene rings is 1. The minimum Gasteiger partial charge on any atom is -0.406 e. The molecule has 168 valence electrons. The lowest BCUT2D eigenvalue weighted by Gasteiger charge is -2.31. The fraction of sp³-hybridized carbons (Fsp3) is 0.348. The maximum absolute atomic E-state index is 13.4. The van der Waals surface area contributed by atoms with Gasteiger partial charge in [0.15, 0.2) is 5.65 Å². The Morgan fingerprint density at radius 2 is 2.06 bits per heavy atom. The zero-order valence-electron chi connectivity index (χ0n) is 17.7. The third-order valence-electron chi connectivity index (χ3n) is 5.38. The lowest BCUT2D eigenvalue weighted by molar-refractivity contribution is -0.274. The van der Waals surface area contributed by atoms with Crippen LogP contribution < -0.4 is 10.1 Å². The van der Waals surface area contributed by atoms with Crippen molar-refractivity contribution in [2.24, 2.45) is 5.92 Å². The molecule has 1 aliphatic rings. The van der Waals surface area contributed by atoms with Gasteiger partial charge in [0.2, 0.25) is 0 Å². The van der Waals surface area contributed by atoms with Gasteiger partial charge in [-0.05, 0) is 49.9 Å². The third-order valence-corrected chi connectivity index (χ3v) is 5.38. The number of carbonyl (C=O) groups excluding carboxylic acids is 1. The van der Waals surface area contributed by atoms with Crippen LogP contribution in [0, 0.1) is 12.8 Å². The Morgan fingerprint density at radius 1 is 1.25 bits per heavy atom. The fourth-order valence-corrected chi connectivity index (χ4v) is 3.93. The number of likely N-dealkylation sites (tertiary alicyclic amines) is 1. The number of hydrogen-bond donors (Lipinski definition) is 1. The number of piperidine rings is 1. The molecule has 0 saturated carbocycles. The lowest BCUT2D eigenvalue weighted by atomic mass is 9.99. The average molecular weight is 444 g/mol. The smallest absolute Gasteiger partial charge is 0.406 e. The Balaban J connectivity index is 1.75. The van der Waals surface area contributed by atoms with E-state index < -0.39 is 6.36 Å². The highest BCUT2D eigenvalue weighted by Gasteiger charge is 2.31. The van der Waals surface area contributed by atoms with Crippen LogP contribution >= 0.6 is 0 Å². The van der Waals surface area contributed by atoms with Gasteiger partial charge in [0.05, 0.1) is 11.3 Å². The Morgan fingerprint density at radius 3 is 2.81 bits per heavy atom. The number of ether oxygens (including phenoxy) is 1. The Labute approximate surface area is 183 Å². The molecule has 3 heterocycles. The maximum Gasteiger partial charge on any atom is 0.573 e. The van der Waals surface area contributed by atoms with Crippen molar-refractivity contribution in [3.63, 3.8) is 0 Å². The molecule has 6 nitrogen and oxygen atoms in total. The number of fused-ring (bicyclic) bond motifs is 1. The van der Waals surface area contributed by atoms with Gasteiger partial charge >= 0.3 is 6.36 Å². The summed E-state index contributed by atoms with van der Waals surface area (Å²) in [7, 11) is 0.